The first-order valence-corrected chi connectivity index (χ1v) is 15.1. The number of aryl methyl sites for hydroxylation is 1. The highest BCUT2D eigenvalue weighted by molar-refractivity contribution is 6.24. The van der Waals surface area contributed by atoms with E-state index in [1.54, 1.807) is 0 Å². The minimum Gasteiger partial charge on any atom is -0.310 e. The zero-order chi connectivity index (χ0) is 27.6. The van der Waals surface area contributed by atoms with Crippen molar-refractivity contribution in [3.63, 3.8) is 0 Å². The van der Waals surface area contributed by atoms with Gasteiger partial charge >= 0.3 is 0 Å². The molecule has 8 aromatic rings. The van der Waals surface area contributed by atoms with Crippen LogP contribution in [0.4, 0.5) is 17.1 Å². The monoisotopic (exact) mass is 538 g/mol. The van der Waals surface area contributed by atoms with Crippen molar-refractivity contribution in [2.24, 2.45) is 0 Å². The Morgan fingerprint density at radius 2 is 1.10 bits per heavy atom. The molecule has 0 atom stereocenters. The van der Waals surface area contributed by atoms with E-state index in [0.717, 1.165) is 12.8 Å². The van der Waals surface area contributed by atoms with Gasteiger partial charge in [-0.2, -0.15) is 0 Å². The van der Waals surface area contributed by atoms with Gasteiger partial charge in [0.15, 0.2) is 0 Å². The maximum Gasteiger partial charge on any atom is 0.0622 e. The van der Waals surface area contributed by atoms with E-state index in [0.29, 0.717) is 0 Å². The highest BCUT2D eigenvalue weighted by atomic mass is 15.1. The summed E-state index contributed by atoms with van der Waals surface area (Å²) in [6.07, 6.45) is 4.80. The second-order valence-corrected chi connectivity index (χ2v) is 11.6. The Hall–Kier alpha value is -5.08. The van der Waals surface area contributed by atoms with Gasteiger partial charge in [0.25, 0.3) is 0 Å². The fraction of sp³-hybridized carbons (Fsp3) is 0.100. The molecule has 0 aliphatic heterocycles. The van der Waals surface area contributed by atoms with Crippen LogP contribution in [0.15, 0.2) is 133 Å². The molecule has 42 heavy (non-hydrogen) atoms. The zero-order valence-corrected chi connectivity index (χ0v) is 23.4. The average molecular weight is 539 g/mol. The standard InChI is InChI=1S/C40H30N2/c1-3-14-28(15-4-1)39-31-18-8-7-13-27(31)23-24-38(39)41(29-16-5-2-6-17-29)30-25-34-32-19-9-11-21-36(32)42-37-22-12-10-20-33(37)35(26-30)40(34)42/h1-6,9-12,14-17,19-26H,7-8,13,18H2. The smallest absolute Gasteiger partial charge is 0.0622 e. The number of anilines is 3. The van der Waals surface area contributed by atoms with Crippen molar-refractivity contribution < 1.29 is 0 Å². The predicted molar refractivity (Wildman–Crippen MR) is 178 cm³/mol. The largest absolute Gasteiger partial charge is 0.310 e. The van der Waals surface area contributed by atoms with Crippen LogP contribution in [0.5, 0.6) is 0 Å². The first-order chi connectivity index (χ1) is 20.9. The molecule has 1 aliphatic carbocycles. The van der Waals surface area contributed by atoms with E-state index in [-0.39, 0.29) is 0 Å². The molecule has 0 fully saturated rings. The van der Waals surface area contributed by atoms with Crippen LogP contribution >= 0.6 is 0 Å². The van der Waals surface area contributed by atoms with Gasteiger partial charge in [-0.25, -0.2) is 0 Å². The van der Waals surface area contributed by atoms with Crippen molar-refractivity contribution in [3.05, 3.63) is 145 Å². The van der Waals surface area contributed by atoms with Crippen molar-refractivity contribution in [2.45, 2.75) is 25.7 Å². The molecule has 0 saturated carbocycles. The van der Waals surface area contributed by atoms with Crippen molar-refractivity contribution in [3.8, 4) is 11.1 Å². The lowest BCUT2D eigenvalue weighted by Gasteiger charge is -2.31. The fourth-order valence-electron chi connectivity index (χ4n) is 7.50. The van der Waals surface area contributed by atoms with Crippen LogP contribution in [0.3, 0.4) is 0 Å². The predicted octanol–water partition coefficient (Wildman–Crippen LogP) is 10.9. The summed E-state index contributed by atoms with van der Waals surface area (Å²) in [5.74, 6) is 0. The average Bonchev–Trinajstić information content (AvgIpc) is 3.57. The lowest BCUT2D eigenvalue weighted by Crippen LogP contribution is -2.14. The highest BCUT2D eigenvalue weighted by Crippen LogP contribution is 2.48. The molecule has 0 radical (unpaired) electrons. The van der Waals surface area contributed by atoms with Crippen LogP contribution in [0.25, 0.3) is 49.2 Å². The highest BCUT2D eigenvalue weighted by Gasteiger charge is 2.25. The van der Waals surface area contributed by atoms with Crippen LogP contribution in [-0.4, -0.2) is 4.40 Å². The quantitative estimate of drug-likeness (QED) is 0.216. The van der Waals surface area contributed by atoms with E-state index in [2.05, 4.69) is 143 Å². The summed E-state index contributed by atoms with van der Waals surface area (Å²) < 4.78 is 2.46. The molecule has 9 rings (SSSR count). The van der Waals surface area contributed by atoms with Gasteiger partial charge in [-0.1, -0.05) is 91.0 Å². The molecule has 2 heterocycles. The fourth-order valence-corrected chi connectivity index (χ4v) is 7.50. The summed E-state index contributed by atoms with van der Waals surface area (Å²) in [6.45, 7) is 0. The second kappa shape index (κ2) is 9.22. The third-order valence-corrected chi connectivity index (χ3v) is 9.28. The van der Waals surface area contributed by atoms with Crippen LogP contribution < -0.4 is 4.90 Å². The van der Waals surface area contributed by atoms with Crippen molar-refractivity contribution in [1.29, 1.82) is 0 Å². The Labute approximate surface area is 245 Å². The Kier molecular flexibility index (Phi) is 5.18. The molecule has 0 saturated heterocycles. The van der Waals surface area contributed by atoms with Gasteiger partial charge in [0.05, 0.1) is 22.2 Å². The Morgan fingerprint density at radius 1 is 0.500 bits per heavy atom. The van der Waals surface area contributed by atoms with E-state index in [4.69, 9.17) is 0 Å². The summed E-state index contributed by atoms with van der Waals surface area (Å²) in [5, 5.41) is 5.20. The summed E-state index contributed by atoms with van der Waals surface area (Å²) >= 11 is 0. The summed E-state index contributed by atoms with van der Waals surface area (Å²) in [7, 11) is 0. The first kappa shape index (κ1) is 23.6. The third-order valence-electron chi connectivity index (χ3n) is 9.28. The van der Waals surface area contributed by atoms with Gasteiger partial charge in [-0.15, -0.1) is 0 Å². The SMILES string of the molecule is c1ccc(-c2c(N(c3ccccc3)c3cc4c5ccccc5n5c6ccccc6c(c3)c45)ccc3c2CCCC3)cc1. The van der Waals surface area contributed by atoms with E-state index >= 15 is 0 Å². The van der Waals surface area contributed by atoms with Crippen LogP contribution in [-0.2, 0) is 12.8 Å². The topological polar surface area (TPSA) is 7.65 Å². The first-order valence-electron chi connectivity index (χ1n) is 15.1. The second-order valence-electron chi connectivity index (χ2n) is 11.6. The Balaban J connectivity index is 1.41. The normalized spacial score (nSPS) is 13.3. The summed E-state index contributed by atoms with van der Waals surface area (Å²) in [5.41, 5.74) is 13.1. The summed E-state index contributed by atoms with van der Waals surface area (Å²) in [4.78, 5) is 2.50. The Morgan fingerprint density at radius 3 is 1.79 bits per heavy atom. The number of rotatable bonds is 4. The molecule has 0 spiro atoms. The lowest BCUT2D eigenvalue weighted by atomic mass is 9.84. The molecular weight excluding hydrogens is 508 g/mol. The molecule has 0 unspecified atom stereocenters. The maximum atomic E-state index is 2.50. The van der Waals surface area contributed by atoms with E-state index in [1.807, 2.05) is 0 Å². The van der Waals surface area contributed by atoms with Gasteiger partial charge in [-0.3, -0.25) is 0 Å². The Bertz CT molecular complexity index is 2160. The van der Waals surface area contributed by atoms with Gasteiger partial charge < -0.3 is 9.30 Å². The van der Waals surface area contributed by atoms with Gasteiger partial charge in [-0.05, 0) is 84.8 Å². The summed E-state index contributed by atoms with van der Waals surface area (Å²) in [6, 6.07) is 49.3. The van der Waals surface area contributed by atoms with Crippen LogP contribution in [0, 0.1) is 0 Å². The molecule has 2 heteroatoms. The van der Waals surface area contributed by atoms with Gasteiger partial charge in [0.1, 0.15) is 0 Å². The third kappa shape index (κ3) is 3.39. The number of nitrogens with zero attached hydrogens (tertiary/aromatic N) is 2. The van der Waals surface area contributed by atoms with Gasteiger partial charge in [0, 0.05) is 38.5 Å². The molecule has 2 aromatic heterocycles. The van der Waals surface area contributed by atoms with E-state index in [9.17, 15) is 0 Å². The molecule has 0 amide bonds. The molecule has 6 aromatic carbocycles. The number of hydrogen-bond donors (Lipinski definition) is 0. The molecule has 200 valence electrons. The number of fused-ring (bicyclic) bond motifs is 7. The molecule has 0 N–H and O–H groups in total. The van der Waals surface area contributed by atoms with Crippen LogP contribution in [0.2, 0.25) is 0 Å². The molecule has 2 nitrogen and oxygen atoms in total. The number of para-hydroxylation sites is 3. The van der Waals surface area contributed by atoms with E-state index in [1.165, 1.54) is 90.3 Å². The van der Waals surface area contributed by atoms with Crippen molar-refractivity contribution in [1.82, 2.24) is 4.40 Å². The van der Waals surface area contributed by atoms with E-state index < -0.39 is 0 Å². The number of aromatic nitrogens is 1. The zero-order valence-electron chi connectivity index (χ0n) is 23.4. The van der Waals surface area contributed by atoms with Crippen molar-refractivity contribution in [2.75, 3.05) is 4.90 Å². The maximum absolute atomic E-state index is 2.50. The van der Waals surface area contributed by atoms with Gasteiger partial charge in [0.2, 0.25) is 0 Å². The number of benzene rings is 6. The van der Waals surface area contributed by atoms with Crippen LogP contribution in [0.1, 0.15) is 24.0 Å². The molecular formula is C40H30N2. The van der Waals surface area contributed by atoms with Crippen molar-refractivity contribution >= 4 is 55.2 Å². The molecule has 1 aliphatic rings. The lowest BCUT2D eigenvalue weighted by molar-refractivity contribution is 0.687. The minimum atomic E-state index is 1.13. The number of hydrogen-bond acceptors (Lipinski definition) is 1. The minimum absolute atomic E-state index is 1.13. The molecule has 0 bridgehead atoms.